The summed E-state index contributed by atoms with van der Waals surface area (Å²) < 4.78 is 0. The van der Waals surface area contributed by atoms with E-state index in [1.807, 2.05) is 18.2 Å². The minimum absolute atomic E-state index is 0.00458. The van der Waals surface area contributed by atoms with Gasteiger partial charge in [-0.2, -0.15) is 0 Å². The lowest BCUT2D eigenvalue weighted by Crippen LogP contribution is -2.22. The molecule has 1 unspecified atom stereocenters. The van der Waals surface area contributed by atoms with Crippen LogP contribution < -0.4 is 0 Å². The van der Waals surface area contributed by atoms with Crippen LogP contribution in [0.15, 0.2) is 48.5 Å². The normalized spacial score (nSPS) is 17.6. The molecule has 0 saturated carbocycles. The molecule has 0 saturated heterocycles. The van der Waals surface area contributed by atoms with E-state index in [-0.39, 0.29) is 23.2 Å². The number of hydrogen-bond donors (Lipinski definition) is 1. The van der Waals surface area contributed by atoms with E-state index in [2.05, 4.69) is 0 Å². The molecule has 1 aliphatic carbocycles. The van der Waals surface area contributed by atoms with Gasteiger partial charge >= 0.3 is 0 Å². The highest BCUT2D eigenvalue weighted by Crippen LogP contribution is 2.37. The van der Waals surface area contributed by atoms with Crippen molar-refractivity contribution in [3.05, 3.63) is 65.2 Å². The Labute approximate surface area is 116 Å². The number of rotatable bonds is 2. The second-order valence-corrected chi connectivity index (χ2v) is 4.99. The van der Waals surface area contributed by atoms with Gasteiger partial charge in [-0.15, -0.1) is 0 Å². The molecule has 1 atom stereocenters. The summed E-state index contributed by atoms with van der Waals surface area (Å²) in [7, 11) is 0. The zero-order valence-corrected chi connectivity index (χ0v) is 10.9. The number of phenolic OH excluding ortho intramolecular Hbond substituents is 1. The average molecular weight is 266 g/mol. The number of benzene rings is 2. The van der Waals surface area contributed by atoms with Gasteiger partial charge in [0.25, 0.3) is 0 Å². The molecule has 3 nitrogen and oxygen atoms in total. The molecule has 3 rings (SSSR count). The van der Waals surface area contributed by atoms with Gasteiger partial charge in [-0.05, 0) is 18.1 Å². The molecule has 2 aromatic rings. The molecule has 0 spiro atoms. The maximum absolute atomic E-state index is 12.6. The summed E-state index contributed by atoms with van der Waals surface area (Å²) in [6.45, 7) is 0. The van der Waals surface area contributed by atoms with Crippen molar-refractivity contribution in [3.63, 3.8) is 0 Å². The summed E-state index contributed by atoms with van der Waals surface area (Å²) >= 11 is 0. The molecule has 2 aromatic carbocycles. The highest BCUT2D eigenvalue weighted by atomic mass is 16.3. The highest BCUT2D eigenvalue weighted by molar-refractivity contribution is 6.07. The molecule has 0 heterocycles. The second-order valence-electron chi connectivity index (χ2n) is 4.99. The summed E-state index contributed by atoms with van der Waals surface area (Å²) in [6, 6.07) is 14.0. The molecule has 0 fully saturated rings. The van der Waals surface area contributed by atoms with E-state index in [0.717, 1.165) is 0 Å². The largest absolute Gasteiger partial charge is 0.507 e. The van der Waals surface area contributed by atoms with Crippen LogP contribution in [0.2, 0.25) is 0 Å². The Balaban J connectivity index is 2.06. The SMILES string of the molecule is O=C1CCC(C(=O)c2ccccc2)c2cccc(O)c21. The molecule has 20 heavy (non-hydrogen) atoms. The van der Waals surface area contributed by atoms with Gasteiger partial charge in [-0.3, -0.25) is 9.59 Å². The number of carbonyl (C=O) groups excluding carboxylic acids is 2. The van der Waals surface area contributed by atoms with Crippen molar-refractivity contribution < 1.29 is 14.7 Å². The van der Waals surface area contributed by atoms with Crippen LogP contribution >= 0.6 is 0 Å². The van der Waals surface area contributed by atoms with E-state index < -0.39 is 0 Å². The molecule has 0 bridgehead atoms. The van der Waals surface area contributed by atoms with Crippen molar-refractivity contribution in [2.75, 3.05) is 0 Å². The molecule has 0 aliphatic heterocycles. The molecule has 3 heteroatoms. The monoisotopic (exact) mass is 266 g/mol. The molecule has 0 radical (unpaired) electrons. The number of Topliss-reactive ketones (excluding diaryl/α,β-unsaturated/α-hetero) is 2. The molecule has 0 aromatic heterocycles. The lowest BCUT2D eigenvalue weighted by atomic mass is 9.78. The van der Waals surface area contributed by atoms with Gasteiger partial charge in [0.15, 0.2) is 11.6 Å². The summed E-state index contributed by atoms with van der Waals surface area (Å²) in [5.74, 6) is -0.463. The fraction of sp³-hybridized carbons (Fsp3) is 0.176. The Bertz CT molecular complexity index is 674. The van der Waals surface area contributed by atoms with Crippen molar-refractivity contribution in [1.29, 1.82) is 0 Å². The molecular formula is C17H14O3. The van der Waals surface area contributed by atoms with Crippen LogP contribution in [0.4, 0.5) is 0 Å². The predicted octanol–water partition coefficient (Wildman–Crippen LogP) is 3.34. The second kappa shape index (κ2) is 4.93. The Kier molecular flexibility index (Phi) is 3.11. The van der Waals surface area contributed by atoms with Crippen molar-refractivity contribution in [1.82, 2.24) is 0 Å². The van der Waals surface area contributed by atoms with Crippen LogP contribution in [-0.2, 0) is 0 Å². The average Bonchev–Trinajstić information content (AvgIpc) is 2.48. The van der Waals surface area contributed by atoms with Gasteiger partial charge < -0.3 is 5.11 Å². The summed E-state index contributed by atoms with van der Waals surface area (Å²) in [5.41, 5.74) is 1.60. The molecular weight excluding hydrogens is 252 g/mol. The molecule has 100 valence electrons. The number of aromatic hydroxyl groups is 1. The lowest BCUT2D eigenvalue weighted by Gasteiger charge is -2.24. The van der Waals surface area contributed by atoms with E-state index in [9.17, 15) is 14.7 Å². The van der Waals surface area contributed by atoms with Crippen LogP contribution in [0, 0.1) is 0 Å². The predicted molar refractivity (Wildman–Crippen MR) is 75.2 cm³/mol. The Morgan fingerprint density at radius 2 is 1.80 bits per heavy atom. The van der Waals surface area contributed by atoms with E-state index in [0.29, 0.717) is 29.5 Å². The quantitative estimate of drug-likeness (QED) is 0.848. The number of hydrogen-bond acceptors (Lipinski definition) is 3. The highest BCUT2D eigenvalue weighted by Gasteiger charge is 2.32. The topological polar surface area (TPSA) is 54.4 Å². The van der Waals surface area contributed by atoms with E-state index >= 15 is 0 Å². The smallest absolute Gasteiger partial charge is 0.170 e. The zero-order valence-electron chi connectivity index (χ0n) is 10.9. The Hall–Kier alpha value is -2.42. The Morgan fingerprint density at radius 1 is 1.05 bits per heavy atom. The van der Waals surface area contributed by atoms with Gasteiger partial charge in [0.2, 0.25) is 0 Å². The zero-order chi connectivity index (χ0) is 14.1. The first kappa shape index (κ1) is 12.6. The minimum atomic E-state index is -0.350. The Morgan fingerprint density at radius 3 is 2.55 bits per heavy atom. The van der Waals surface area contributed by atoms with Crippen LogP contribution in [0.3, 0.4) is 0 Å². The fourth-order valence-corrected chi connectivity index (χ4v) is 2.78. The van der Waals surface area contributed by atoms with Gasteiger partial charge in [0, 0.05) is 17.9 Å². The van der Waals surface area contributed by atoms with Gasteiger partial charge in [0.05, 0.1) is 5.56 Å². The van der Waals surface area contributed by atoms with E-state index in [1.165, 1.54) is 6.07 Å². The van der Waals surface area contributed by atoms with Crippen LogP contribution in [0.1, 0.15) is 45.0 Å². The van der Waals surface area contributed by atoms with E-state index in [4.69, 9.17) is 0 Å². The first-order valence-electron chi connectivity index (χ1n) is 6.63. The van der Waals surface area contributed by atoms with E-state index in [1.54, 1.807) is 24.3 Å². The standard InChI is InChI=1S/C17H14O3/c18-14-8-4-7-12-13(9-10-15(19)16(12)14)17(20)11-5-2-1-3-6-11/h1-8,13,18H,9-10H2. The number of ketones is 2. The molecule has 0 amide bonds. The first-order chi connectivity index (χ1) is 9.68. The number of phenols is 1. The maximum atomic E-state index is 12.6. The van der Waals surface area contributed by atoms with Crippen LogP contribution in [-0.4, -0.2) is 16.7 Å². The van der Waals surface area contributed by atoms with Crippen molar-refractivity contribution in [2.45, 2.75) is 18.8 Å². The van der Waals surface area contributed by atoms with Crippen LogP contribution in [0.5, 0.6) is 5.75 Å². The third kappa shape index (κ3) is 2.01. The van der Waals surface area contributed by atoms with Crippen molar-refractivity contribution in [2.24, 2.45) is 0 Å². The molecule has 1 aliphatic rings. The maximum Gasteiger partial charge on any atom is 0.170 e. The third-order valence-electron chi connectivity index (χ3n) is 3.76. The number of fused-ring (bicyclic) bond motifs is 1. The molecule has 1 N–H and O–H groups in total. The first-order valence-corrected chi connectivity index (χ1v) is 6.63. The summed E-state index contributed by atoms with van der Waals surface area (Å²) in [4.78, 5) is 24.5. The fourth-order valence-electron chi connectivity index (χ4n) is 2.78. The minimum Gasteiger partial charge on any atom is -0.507 e. The third-order valence-corrected chi connectivity index (χ3v) is 3.76. The van der Waals surface area contributed by atoms with Gasteiger partial charge in [-0.25, -0.2) is 0 Å². The lowest BCUT2D eigenvalue weighted by molar-refractivity contribution is 0.0916. The van der Waals surface area contributed by atoms with Crippen LogP contribution in [0.25, 0.3) is 0 Å². The van der Waals surface area contributed by atoms with Gasteiger partial charge in [-0.1, -0.05) is 42.5 Å². The summed E-state index contributed by atoms with van der Waals surface area (Å²) in [6.07, 6.45) is 0.802. The summed E-state index contributed by atoms with van der Waals surface area (Å²) in [5, 5.41) is 9.86. The number of carbonyl (C=O) groups is 2. The van der Waals surface area contributed by atoms with Crippen molar-refractivity contribution >= 4 is 11.6 Å². The van der Waals surface area contributed by atoms with Gasteiger partial charge in [0.1, 0.15) is 5.75 Å². The van der Waals surface area contributed by atoms with Crippen molar-refractivity contribution in [3.8, 4) is 5.75 Å².